The third-order valence-electron chi connectivity index (χ3n) is 3.37. The summed E-state index contributed by atoms with van der Waals surface area (Å²) in [5.41, 5.74) is 1.89. The Morgan fingerprint density at radius 2 is 1.83 bits per heavy atom. The minimum atomic E-state index is -0.194. The molecule has 0 aliphatic carbocycles. The number of thiazole rings is 1. The van der Waals surface area contributed by atoms with Crippen molar-refractivity contribution in [2.24, 2.45) is 0 Å². The fourth-order valence-electron chi connectivity index (χ4n) is 2.15. The van der Waals surface area contributed by atoms with Crippen LogP contribution in [0.3, 0.4) is 0 Å². The van der Waals surface area contributed by atoms with Gasteiger partial charge >= 0.3 is 0 Å². The molecule has 0 radical (unpaired) electrons. The van der Waals surface area contributed by atoms with Gasteiger partial charge in [0.25, 0.3) is 11.8 Å². The molecule has 3 aromatic rings. The fourth-order valence-corrected chi connectivity index (χ4v) is 3.91. The number of hydrogen-bond donors (Lipinski definition) is 2. The monoisotopic (exact) mass is 357 g/mol. The Balaban J connectivity index is 1.77. The quantitative estimate of drug-likeness (QED) is 0.746. The molecule has 0 saturated heterocycles. The first kappa shape index (κ1) is 16.4. The van der Waals surface area contributed by atoms with Crippen molar-refractivity contribution in [3.8, 4) is 9.88 Å². The highest BCUT2D eigenvalue weighted by Gasteiger charge is 2.17. The zero-order valence-corrected chi connectivity index (χ0v) is 14.8. The Morgan fingerprint density at radius 3 is 2.46 bits per heavy atom. The number of benzene rings is 1. The van der Waals surface area contributed by atoms with Crippen molar-refractivity contribution in [2.45, 2.75) is 6.92 Å². The summed E-state index contributed by atoms with van der Waals surface area (Å²) in [6, 6.07) is 10.7. The van der Waals surface area contributed by atoms with E-state index in [0.717, 1.165) is 9.88 Å². The van der Waals surface area contributed by atoms with Crippen LogP contribution in [-0.2, 0) is 0 Å². The highest BCUT2D eigenvalue weighted by Crippen LogP contribution is 2.31. The molecular weight excluding hydrogens is 342 g/mol. The van der Waals surface area contributed by atoms with Gasteiger partial charge in [-0.25, -0.2) is 4.98 Å². The van der Waals surface area contributed by atoms with Gasteiger partial charge in [0.1, 0.15) is 9.88 Å². The Morgan fingerprint density at radius 1 is 1.08 bits per heavy atom. The van der Waals surface area contributed by atoms with E-state index in [1.165, 1.54) is 11.3 Å². The van der Waals surface area contributed by atoms with Gasteiger partial charge < -0.3 is 10.6 Å². The van der Waals surface area contributed by atoms with Gasteiger partial charge in [-0.1, -0.05) is 6.07 Å². The third kappa shape index (κ3) is 3.37. The average Bonchev–Trinajstić information content (AvgIpc) is 3.24. The Kier molecular flexibility index (Phi) is 4.73. The summed E-state index contributed by atoms with van der Waals surface area (Å²) in [7, 11) is 1.58. The van der Waals surface area contributed by atoms with Crippen LogP contribution in [0.5, 0.6) is 0 Å². The maximum atomic E-state index is 12.5. The second kappa shape index (κ2) is 6.94. The van der Waals surface area contributed by atoms with Crippen LogP contribution >= 0.6 is 22.7 Å². The number of aromatic nitrogens is 1. The molecule has 24 heavy (non-hydrogen) atoms. The number of aryl methyl sites for hydroxylation is 1. The van der Waals surface area contributed by atoms with Crippen molar-refractivity contribution in [3.63, 3.8) is 0 Å². The molecule has 7 heteroatoms. The molecule has 0 unspecified atom stereocenters. The van der Waals surface area contributed by atoms with E-state index in [4.69, 9.17) is 0 Å². The van der Waals surface area contributed by atoms with Gasteiger partial charge in [0.15, 0.2) is 0 Å². The fraction of sp³-hybridized carbons (Fsp3) is 0.118. The largest absolute Gasteiger partial charge is 0.355 e. The number of nitrogens with one attached hydrogen (secondary N) is 2. The van der Waals surface area contributed by atoms with Crippen molar-refractivity contribution in [2.75, 3.05) is 12.4 Å². The summed E-state index contributed by atoms with van der Waals surface area (Å²) in [6.07, 6.45) is 0. The summed E-state index contributed by atoms with van der Waals surface area (Å²) in [5.74, 6) is -0.354. The SMILES string of the molecule is CNC(=O)c1ccc(NC(=O)c2sc(-c3cccs3)nc2C)cc1. The molecule has 0 bridgehead atoms. The van der Waals surface area contributed by atoms with Crippen LogP contribution < -0.4 is 10.6 Å². The summed E-state index contributed by atoms with van der Waals surface area (Å²) in [5, 5.41) is 8.24. The van der Waals surface area contributed by atoms with Gasteiger partial charge in [-0.15, -0.1) is 22.7 Å². The summed E-state index contributed by atoms with van der Waals surface area (Å²) < 4.78 is 0. The maximum Gasteiger partial charge on any atom is 0.267 e. The van der Waals surface area contributed by atoms with Crippen molar-refractivity contribution >= 4 is 40.2 Å². The van der Waals surface area contributed by atoms with Crippen molar-refractivity contribution in [1.29, 1.82) is 0 Å². The van der Waals surface area contributed by atoms with E-state index in [-0.39, 0.29) is 11.8 Å². The van der Waals surface area contributed by atoms with Crippen LogP contribution in [0.2, 0.25) is 0 Å². The molecule has 3 rings (SSSR count). The highest BCUT2D eigenvalue weighted by molar-refractivity contribution is 7.22. The topological polar surface area (TPSA) is 71.1 Å². The molecule has 2 N–H and O–H groups in total. The first-order valence-corrected chi connectivity index (χ1v) is 8.93. The normalized spacial score (nSPS) is 10.4. The summed E-state index contributed by atoms with van der Waals surface area (Å²) >= 11 is 2.98. The second-order valence-corrected chi connectivity index (χ2v) is 6.97. The highest BCUT2D eigenvalue weighted by atomic mass is 32.1. The molecule has 0 saturated carbocycles. The van der Waals surface area contributed by atoms with Gasteiger partial charge in [0, 0.05) is 18.3 Å². The van der Waals surface area contributed by atoms with Crippen molar-refractivity contribution in [1.82, 2.24) is 10.3 Å². The number of anilines is 1. The molecule has 0 spiro atoms. The van der Waals surface area contributed by atoms with E-state index < -0.39 is 0 Å². The van der Waals surface area contributed by atoms with Crippen LogP contribution in [0, 0.1) is 6.92 Å². The zero-order chi connectivity index (χ0) is 17.1. The molecule has 2 heterocycles. The predicted molar refractivity (Wildman–Crippen MR) is 97.9 cm³/mol. The van der Waals surface area contributed by atoms with E-state index in [2.05, 4.69) is 15.6 Å². The molecule has 0 fully saturated rings. The lowest BCUT2D eigenvalue weighted by Crippen LogP contribution is -2.17. The average molecular weight is 357 g/mol. The van der Waals surface area contributed by atoms with Gasteiger partial charge in [-0.3, -0.25) is 9.59 Å². The lowest BCUT2D eigenvalue weighted by molar-refractivity contribution is 0.0962. The number of thiophene rings is 1. The Labute approximate surface area is 147 Å². The zero-order valence-electron chi connectivity index (χ0n) is 13.1. The van der Waals surface area contributed by atoms with E-state index in [1.54, 1.807) is 42.6 Å². The number of carbonyl (C=O) groups is 2. The molecular formula is C17H15N3O2S2. The first-order valence-electron chi connectivity index (χ1n) is 7.23. The lowest BCUT2D eigenvalue weighted by atomic mass is 10.2. The minimum absolute atomic E-state index is 0.160. The van der Waals surface area contributed by atoms with E-state index in [1.807, 2.05) is 24.4 Å². The maximum absolute atomic E-state index is 12.5. The molecule has 5 nitrogen and oxygen atoms in total. The Hall–Kier alpha value is -2.51. The lowest BCUT2D eigenvalue weighted by Gasteiger charge is -2.05. The number of carbonyl (C=O) groups excluding carboxylic acids is 2. The van der Waals surface area contributed by atoms with E-state index >= 15 is 0 Å². The molecule has 122 valence electrons. The smallest absolute Gasteiger partial charge is 0.267 e. The van der Waals surface area contributed by atoms with Gasteiger partial charge in [-0.05, 0) is 42.6 Å². The van der Waals surface area contributed by atoms with Crippen LogP contribution in [0.15, 0.2) is 41.8 Å². The summed E-state index contributed by atoms with van der Waals surface area (Å²) in [6.45, 7) is 1.83. The number of nitrogens with zero attached hydrogens (tertiary/aromatic N) is 1. The number of rotatable bonds is 4. The van der Waals surface area contributed by atoms with E-state index in [0.29, 0.717) is 21.8 Å². The van der Waals surface area contributed by atoms with Crippen LogP contribution in [0.1, 0.15) is 25.7 Å². The minimum Gasteiger partial charge on any atom is -0.355 e. The van der Waals surface area contributed by atoms with Gasteiger partial charge in [-0.2, -0.15) is 0 Å². The standard InChI is InChI=1S/C17H15N3O2S2/c1-10-14(24-17(19-10)13-4-3-9-23-13)16(22)20-12-7-5-11(6-8-12)15(21)18-2/h3-9H,1-2H3,(H,18,21)(H,20,22). The molecule has 0 atom stereocenters. The van der Waals surface area contributed by atoms with Gasteiger partial charge in [0.05, 0.1) is 10.6 Å². The predicted octanol–water partition coefficient (Wildman–Crippen LogP) is 3.79. The van der Waals surface area contributed by atoms with Crippen LogP contribution in [0.4, 0.5) is 5.69 Å². The molecule has 0 aliphatic rings. The number of hydrogen-bond acceptors (Lipinski definition) is 5. The number of amides is 2. The Bertz CT molecular complexity index is 868. The van der Waals surface area contributed by atoms with Crippen molar-refractivity contribution < 1.29 is 9.59 Å². The van der Waals surface area contributed by atoms with E-state index in [9.17, 15) is 9.59 Å². The molecule has 1 aromatic carbocycles. The summed E-state index contributed by atoms with van der Waals surface area (Å²) in [4.78, 5) is 30.1. The van der Waals surface area contributed by atoms with Crippen LogP contribution in [0.25, 0.3) is 9.88 Å². The van der Waals surface area contributed by atoms with Gasteiger partial charge in [0.2, 0.25) is 0 Å². The first-order chi connectivity index (χ1) is 11.6. The second-order valence-electron chi connectivity index (χ2n) is 5.02. The molecule has 2 amide bonds. The van der Waals surface area contributed by atoms with Crippen LogP contribution in [-0.4, -0.2) is 23.8 Å². The third-order valence-corrected chi connectivity index (χ3v) is 5.56. The molecule has 2 aromatic heterocycles. The molecule has 0 aliphatic heterocycles. The van der Waals surface area contributed by atoms with Crippen molar-refractivity contribution in [3.05, 3.63) is 57.9 Å².